The van der Waals surface area contributed by atoms with Crippen LogP contribution in [0.5, 0.6) is 0 Å². The van der Waals surface area contributed by atoms with E-state index in [1.165, 1.54) is 9.58 Å². The topological polar surface area (TPSA) is 45.8 Å². The van der Waals surface area contributed by atoms with Crippen LogP contribution in [0.1, 0.15) is 33.0 Å². The van der Waals surface area contributed by atoms with Crippen molar-refractivity contribution in [1.29, 1.82) is 0 Å². The number of carbonyl (C=O) groups is 1. The summed E-state index contributed by atoms with van der Waals surface area (Å²) in [7, 11) is 0. The molecule has 4 rings (SSSR count). The van der Waals surface area contributed by atoms with Gasteiger partial charge < -0.3 is 4.98 Å². The van der Waals surface area contributed by atoms with E-state index in [1.807, 2.05) is 19.1 Å². The maximum Gasteiger partial charge on any atom is 0.168 e. The number of fused-ring (bicyclic) bond motifs is 3. The number of benzene rings is 1. The fraction of sp³-hybridized carbons (Fsp3) is 0.294. The second kappa shape index (κ2) is 5.86. The molecule has 2 aromatic heterocycles. The van der Waals surface area contributed by atoms with Crippen LogP contribution >= 0.6 is 23.7 Å². The van der Waals surface area contributed by atoms with Gasteiger partial charge >= 0.3 is 0 Å². The fourth-order valence-corrected chi connectivity index (χ4v) is 4.43. The Morgan fingerprint density at radius 2 is 2.18 bits per heavy atom. The van der Waals surface area contributed by atoms with Crippen molar-refractivity contribution in [2.45, 2.75) is 26.2 Å². The lowest BCUT2D eigenvalue weighted by Gasteiger charge is -2.20. The summed E-state index contributed by atoms with van der Waals surface area (Å²) < 4.78 is 1.23. The first kappa shape index (κ1) is 15.3. The summed E-state index contributed by atoms with van der Waals surface area (Å²) in [5.74, 6) is 0.369. The van der Waals surface area contributed by atoms with Crippen LogP contribution in [-0.2, 0) is 12.8 Å². The molecule has 0 spiro atoms. The normalized spacial score (nSPS) is 17.3. The van der Waals surface area contributed by atoms with Gasteiger partial charge in [-0.25, -0.2) is 4.98 Å². The Balaban J connectivity index is 0.00000144. The minimum Gasteiger partial charge on any atom is -0.348 e. The SMILES string of the molecule is Cc1[nH]cnc1CC1CCc2sc3ccccc3c2C1=O.Cl. The number of aryl methyl sites for hydroxylation is 2. The van der Waals surface area contributed by atoms with Crippen LogP contribution in [0.2, 0.25) is 0 Å². The Morgan fingerprint density at radius 1 is 1.36 bits per heavy atom. The van der Waals surface area contributed by atoms with E-state index >= 15 is 0 Å². The van der Waals surface area contributed by atoms with E-state index in [4.69, 9.17) is 0 Å². The van der Waals surface area contributed by atoms with Gasteiger partial charge in [-0.15, -0.1) is 23.7 Å². The van der Waals surface area contributed by atoms with Crippen molar-refractivity contribution in [3.63, 3.8) is 0 Å². The fourth-order valence-electron chi connectivity index (χ4n) is 3.20. The molecule has 3 aromatic rings. The number of rotatable bonds is 2. The Morgan fingerprint density at radius 3 is 2.95 bits per heavy atom. The molecule has 0 aliphatic heterocycles. The summed E-state index contributed by atoms with van der Waals surface area (Å²) in [5.41, 5.74) is 3.07. The molecule has 5 heteroatoms. The molecule has 1 aliphatic carbocycles. The minimum absolute atomic E-state index is 0. The Hall–Kier alpha value is -1.65. The van der Waals surface area contributed by atoms with Crippen LogP contribution in [0.3, 0.4) is 0 Å². The van der Waals surface area contributed by atoms with Crippen LogP contribution in [0.15, 0.2) is 30.6 Å². The molecule has 0 amide bonds. The van der Waals surface area contributed by atoms with Gasteiger partial charge in [0.25, 0.3) is 0 Å². The first-order valence-electron chi connectivity index (χ1n) is 7.27. The number of nitrogens with one attached hydrogen (secondary N) is 1. The van der Waals surface area contributed by atoms with Crippen LogP contribution < -0.4 is 0 Å². The van der Waals surface area contributed by atoms with Crippen molar-refractivity contribution in [3.8, 4) is 0 Å². The molecule has 0 radical (unpaired) electrons. The zero-order valence-electron chi connectivity index (χ0n) is 12.3. The lowest BCUT2D eigenvalue weighted by atomic mass is 9.83. The summed E-state index contributed by atoms with van der Waals surface area (Å²) in [4.78, 5) is 21.6. The summed E-state index contributed by atoms with van der Waals surface area (Å²) in [6, 6.07) is 8.24. The van der Waals surface area contributed by atoms with Crippen LogP contribution in [0.25, 0.3) is 10.1 Å². The van der Waals surface area contributed by atoms with Gasteiger partial charge in [0.2, 0.25) is 0 Å². The summed E-state index contributed by atoms with van der Waals surface area (Å²) in [5, 5.41) is 1.13. The van der Waals surface area contributed by atoms with Gasteiger partial charge in [0, 0.05) is 38.6 Å². The highest BCUT2D eigenvalue weighted by molar-refractivity contribution is 7.19. The number of imidazole rings is 1. The van der Waals surface area contributed by atoms with Crippen molar-refractivity contribution in [2.75, 3.05) is 0 Å². The first-order chi connectivity index (χ1) is 10.2. The van der Waals surface area contributed by atoms with Crippen LogP contribution in [0.4, 0.5) is 0 Å². The Kier molecular flexibility index (Phi) is 4.06. The standard InChI is InChI=1S/C17H16N2OS.ClH/c1-10-13(19-9-18-10)8-11-6-7-15-16(17(11)20)12-4-2-3-5-14(12)21-15;/h2-5,9,11H,6-8H2,1H3,(H,18,19);1H. The molecule has 22 heavy (non-hydrogen) atoms. The van der Waals surface area contributed by atoms with Crippen LogP contribution in [-0.4, -0.2) is 15.8 Å². The molecule has 0 saturated carbocycles. The third kappa shape index (κ3) is 2.36. The van der Waals surface area contributed by atoms with Crippen molar-refractivity contribution in [2.24, 2.45) is 5.92 Å². The zero-order chi connectivity index (χ0) is 14.4. The van der Waals surface area contributed by atoms with E-state index in [1.54, 1.807) is 17.7 Å². The molecular weight excluding hydrogens is 316 g/mol. The largest absolute Gasteiger partial charge is 0.348 e. The molecule has 0 fully saturated rings. The van der Waals surface area contributed by atoms with Gasteiger partial charge in [-0.05, 0) is 25.8 Å². The number of hydrogen-bond acceptors (Lipinski definition) is 3. The third-order valence-electron chi connectivity index (χ3n) is 4.38. The van der Waals surface area contributed by atoms with Gasteiger partial charge in [-0.2, -0.15) is 0 Å². The molecule has 0 bridgehead atoms. The lowest BCUT2D eigenvalue weighted by molar-refractivity contribution is 0.0904. The maximum atomic E-state index is 12.9. The molecule has 2 heterocycles. The molecule has 1 aromatic carbocycles. The van der Waals surface area contributed by atoms with E-state index in [0.717, 1.165) is 41.6 Å². The number of thiophene rings is 1. The number of H-pyrrole nitrogens is 1. The Bertz CT molecular complexity index is 836. The zero-order valence-corrected chi connectivity index (χ0v) is 13.9. The van der Waals surface area contributed by atoms with E-state index < -0.39 is 0 Å². The van der Waals surface area contributed by atoms with E-state index in [0.29, 0.717) is 5.78 Å². The van der Waals surface area contributed by atoms with Crippen molar-refractivity contribution in [1.82, 2.24) is 9.97 Å². The maximum absolute atomic E-state index is 12.9. The van der Waals surface area contributed by atoms with Gasteiger partial charge in [0.1, 0.15) is 0 Å². The van der Waals surface area contributed by atoms with Gasteiger partial charge in [-0.1, -0.05) is 18.2 Å². The molecule has 3 nitrogen and oxygen atoms in total. The second-order valence-electron chi connectivity index (χ2n) is 5.67. The molecular formula is C17H17ClN2OS. The number of nitrogens with zero attached hydrogens (tertiary/aromatic N) is 1. The van der Waals surface area contributed by atoms with Crippen molar-refractivity contribution >= 4 is 39.6 Å². The highest BCUT2D eigenvalue weighted by Crippen LogP contribution is 2.38. The number of ketones is 1. The number of aromatic nitrogens is 2. The van der Waals surface area contributed by atoms with Crippen LogP contribution in [0, 0.1) is 12.8 Å². The number of aromatic amines is 1. The predicted octanol–water partition coefficient (Wildman–Crippen LogP) is 4.34. The molecule has 1 atom stereocenters. The van der Waals surface area contributed by atoms with Crippen molar-refractivity contribution < 1.29 is 4.79 Å². The summed E-state index contributed by atoms with van der Waals surface area (Å²) in [6.45, 7) is 2.01. The average Bonchev–Trinajstić information content (AvgIpc) is 3.06. The first-order valence-corrected chi connectivity index (χ1v) is 8.09. The monoisotopic (exact) mass is 332 g/mol. The molecule has 114 valence electrons. The minimum atomic E-state index is 0. The number of halogens is 1. The van der Waals surface area contributed by atoms with Crippen molar-refractivity contribution in [3.05, 3.63) is 52.4 Å². The Labute approximate surface area is 139 Å². The number of carbonyl (C=O) groups excluding carboxylic acids is 1. The van der Waals surface area contributed by atoms with E-state index in [2.05, 4.69) is 22.1 Å². The third-order valence-corrected chi connectivity index (χ3v) is 5.61. The highest BCUT2D eigenvalue weighted by Gasteiger charge is 2.31. The molecule has 0 saturated heterocycles. The van der Waals surface area contributed by atoms with Gasteiger partial charge in [0.05, 0.1) is 12.0 Å². The number of Topliss-reactive ketones (excluding diaryl/α,β-unsaturated/α-hetero) is 1. The molecule has 1 N–H and O–H groups in total. The molecule has 1 aliphatic rings. The van der Waals surface area contributed by atoms with E-state index in [9.17, 15) is 4.79 Å². The smallest absolute Gasteiger partial charge is 0.168 e. The van der Waals surface area contributed by atoms with E-state index in [-0.39, 0.29) is 18.3 Å². The lowest BCUT2D eigenvalue weighted by Crippen LogP contribution is -2.23. The summed E-state index contributed by atoms with van der Waals surface area (Å²) in [6.07, 6.45) is 4.40. The van der Waals surface area contributed by atoms with Gasteiger partial charge in [-0.3, -0.25) is 4.79 Å². The second-order valence-corrected chi connectivity index (χ2v) is 6.81. The number of hydrogen-bond donors (Lipinski definition) is 1. The summed E-state index contributed by atoms with van der Waals surface area (Å²) >= 11 is 1.77. The average molecular weight is 333 g/mol. The highest BCUT2D eigenvalue weighted by atomic mass is 35.5. The predicted molar refractivity (Wildman–Crippen MR) is 92.2 cm³/mol. The quantitative estimate of drug-likeness (QED) is 0.758. The van der Waals surface area contributed by atoms with Gasteiger partial charge in [0.15, 0.2) is 5.78 Å². The molecule has 1 unspecified atom stereocenters.